The van der Waals surface area contributed by atoms with E-state index < -0.39 is 58.3 Å². The lowest BCUT2D eigenvalue weighted by molar-refractivity contribution is -0.564. The molecule has 0 aliphatic rings. The summed E-state index contributed by atoms with van der Waals surface area (Å²) < 4.78 is 101. The van der Waals surface area contributed by atoms with Gasteiger partial charge in [0.15, 0.2) is 16.1 Å². The molecule has 0 aliphatic carbocycles. The van der Waals surface area contributed by atoms with Crippen molar-refractivity contribution in [1.82, 2.24) is 5.10 Å². The number of alkyl halides is 6. The molecule has 2 aromatic carbocycles. The molecule has 3 rings (SSSR count). The van der Waals surface area contributed by atoms with Crippen LogP contribution >= 0.6 is 0 Å². The average Bonchev–Trinajstić information content (AvgIpc) is 2.76. The average molecular weight is 525 g/mol. The molecule has 0 fully saturated rings. The molecular weight excluding hydrogens is 509 g/mol. The van der Waals surface area contributed by atoms with Gasteiger partial charge in [0.1, 0.15) is 17.1 Å². The van der Waals surface area contributed by atoms with Crippen LogP contribution in [-0.2, 0) is 6.18 Å². The molecule has 0 saturated carbocycles. The summed E-state index contributed by atoms with van der Waals surface area (Å²) >= 11 is 0. The van der Waals surface area contributed by atoms with E-state index in [4.69, 9.17) is 15.6 Å². The molecule has 0 aliphatic heterocycles. The summed E-state index contributed by atoms with van der Waals surface area (Å²) in [7, 11) is 1.00. The van der Waals surface area contributed by atoms with Gasteiger partial charge in [-0.25, -0.2) is 4.39 Å². The lowest BCUT2D eigenvalue weighted by Crippen LogP contribution is -2.21. The number of hydrogen-bond donors (Lipinski definition) is 4. The maximum Gasteiger partial charge on any atom is 0.573 e. The summed E-state index contributed by atoms with van der Waals surface area (Å²) in [5.41, 5.74) is 2.10. The zero-order valence-electron chi connectivity index (χ0n) is 17.9. The van der Waals surface area contributed by atoms with Crippen molar-refractivity contribution in [2.24, 2.45) is 0 Å². The van der Waals surface area contributed by atoms with E-state index in [1.807, 2.05) is 0 Å². The third-order valence-electron chi connectivity index (χ3n) is 4.07. The molecule has 0 atom stereocenters. The second-order valence-electron chi connectivity index (χ2n) is 6.47. The first kappa shape index (κ1) is 27.9. The molecule has 36 heavy (non-hydrogen) atoms. The van der Waals surface area contributed by atoms with Crippen molar-refractivity contribution in [3.05, 3.63) is 70.6 Å². The lowest BCUT2D eigenvalue weighted by atomic mass is 10.1. The number of rotatable bonds is 5. The summed E-state index contributed by atoms with van der Waals surface area (Å²) in [6, 6.07) is 4.41. The minimum absolute atomic E-state index is 0.104. The van der Waals surface area contributed by atoms with Gasteiger partial charge in [0.2, 0.25) is 0 Å². The quantitative estimate of drug-likeness (QED) is 0.224. The predicted molar refractivity (Wildman–Crippen MR) is 109 cm³/mol. The number of nitrogens with two attached hydrogens (primary N) is 1. The van der Waals surface area contributed by atoms with Gasteiger partial charge in [0.05, 0.1) is 28.0 Å². The van der Waals surface area contributed by atoms with Gasteiger partial charge in [0, 0.05) is 19.2 Å². The van der Waals surface area contributed by atoms with Crippen LogP contribution in [0.25, 0.3) is 0 Å². The van der Waals surface area contributed by atoms with Crippen LogP contribution in [0.15, 0.2) is 48.8 Å². The highest BCUT2D eigenvalue weighted by Crippen LogP contribution is 2.39. The number of nitrogen functional groups attached to an aromatic ring is 1. The number of aliphatic hydroxyl groups excluding tert-OH is 1. The Balaban J connectivity index is 0.00000222. The maximum absolute atomic E-state index is 14.8. The number of benzene rings is 2. The SMILES string of the molecule is CO.Nc1cc(OC(F)(F)F)ccc1Oc1ccc(C(F)(F)F)c(F)c1C(=O)Nc1cc[n+](=O)[nH]c1. The molecule has 1 amide bonds. The number of anilines is 2. The van der Waals surface area contributed by atoms with E-state index in [0.29, 0.717) is 18.2 Å². The van der Waals surface area contributed by atoms with E-state index in [2.05, 4.69) is 15.2 Å². The van der Waals surface area contributed by atoms with Crippen molar-refractivity contribution in [2.75, 3.05) is 18.2 Å². The number of carbonyl (C=O) groups is 1. The molecule has 0 bridgehead atoms. The second-order valence-corrected chi connectivity index (χ2v) is 6.47. The normalized spacial score (nSPS) is 11.2. The Bertz CT molecular complexity index is 1270. The van der Waals surface area contributed by atoms with Crippen molar-refractivity contribution in [1.29, 1.82) is 0 Å². The molecule has 0 radical (unpaired) electrons. The fourth-order valence-electron chi connectivity index (χ4n) is 2.65. The fraction of sp³-hybridized carbons (Fsp3) is 0.150. The second kappa shape index (κ2) is 10.9. The first-order valence-electron chi connectivity index (χ1n) is 9.34. The van der Waals surface area contributed by atoms with Crippen LogP contribution in [0.3, 0.4) is 0 Å². The molecule has 0 unspecified atom stereocenters. The summed E-state index contributed by atoms with van der Waals surface area (Å²) in [5, 5.41) is 11.2. The van der Waals surface area contributed by atoms with E-state index in [9.17, 15) is 40.4 Å². The first-order chi connectivity index (χ1) is 16.7. The van der Waals surface area contributed by atoms with Gasteiger partial charge in [-0.3, -0.25) is 4.79 Å². The lowest BCUT2D eigenvalue weighted by Gasteiger charge is -2.17. The first-order valence-corrected chi connectivity index (χ1v) is 9.34. The van der Waals surface area contributed by atoms with Crippen LogP contribution in [0.5, 0.6) is 17.2 Å². The van der Waals surface area contributed by atoms with Crippen molar-refractivity contribution < 1.29 is 54.6 Å². The smallest absolute Gasteiger partial charge is 0.454 e. The summed E-state index contributed by atoms with van der Waals surface area (Å²) in [6.45, 7) is 0. The van der Waals surface area contributed by atoms with Gasteiger partial charge in [-0.1, -0.05) is 0 Å². The van der Waals surface area contributed by atoms with Crippen LogP contribution in [0.4, 0.5) is 42.1 Å². The predicted octanol–water partition coefficient (Wildman–Crippen LogP) is 4.22. The topological polar surface area (TPSA) is 133 Å². The number of nitrogens with zero attached hydrogens (tertiary/aromatic N) is 1. The van der Waals surface area contributed by atoms with Gasteiger partial charge in [-0.05, 0) is 24.3 Å². The molecule has 1 heterocycles. The molecular formula is C20H16F7N4O5+. The Morgan fingerprint density at radius 3 is 2.22 bits per heavy atom. The molecule has 194 valence electrons. The van der Waals surface area contributed by atoms with Gasteiger partial charge >= 0.3 is 12.5 Å². The maximum atomic E-state index is 14.8. The molecule has 0 saturated heterocycles. The van der Waals surface area contributed by atoms with Gasteiger partial charge in [-0.2, -0.15) is 13.2 Å². The highest BCUT2D eigenvalue weighted by molar-refractivity contribution is 6.06. The molecule has 16 heteroatoms. The van der Waals surface area contributed by atoms with Crippen LogP contribution in [0.2, 0.25) is 0 Å². The Morgan fingerprint density at radius 1 is 1.06 bits per heavy atom. The number of aromatic amines is 1. The zero-order valence-corrected chi connectivity index (χ0v) is 17.9. The summed E-state index contributed by atoms with van der Waals surface area (Å²) in [6.07, 6.45) is -8.28. The third kappa shape index (κ3) is 7.08. The number of ether oxygens (including phenoxy) is 2. The van der Waals surface area contributed by atoms with Crippen LogP contribution in [0.1, 0.15) is 15.9 Å². The number of hydrogen-bond acceptors (Lipinski definition) is 6. The Kier molecular flexibility index (Phi) is 8.48. The third-order valence-corrected chi connectivity index (χ3v) is 4.07. The number of aromatic nitrogens is 2. The highest BCUT2D eigenvalue weighted by Gasteiger charge is 2.37. The Labute approximate surface area is 196 Å². The molecule has 1 aromatic heterocycles. The minimum atomic E-state index is -5.16. The monoisotopic (exact) mass is 525 g/mol. The summed E-state index contributed by atoms with van der Waals surface area (Å²) in [5.74, 6) is -5.20. The van der Waals surface area contributed by atoms with E-state index in [1.54, 1.807) is 0 Å². The Hall–Kier alpha value is -4.34. The van der Waals surface area contributed by atoms with Crippen LogP contribution < -0.4 is 25.1 Å². The van der Waals surface area contributed by atoms with Crippen molar-refractivity contribution in [2.45, 2.75) is 12.5 Å². The van der Waals surface area contributed by atoms with Crippen LogP contribution in [-0.4, -0.2) is 29.6 Å². The van der Waals surface area contributed by atoms with E-state index in [0.717, 1.165) is 37.7 Å². The van der Waals surface area contributed by atoms with Crippen molar-refractivity contribution in [3.8, 4) is 17.2 Å². The number of nitrogens with one attached hydrogen (secondary N) is 2. The molecule has 5 N–H and O–H groups in total. The van der Waals surface area contributed by atoms with Crippen LogP contribution in [0, 0.1) is 10.7 Å². The largest absolute Gasteiger partial charge is 0.573 e. The number of aliphatic hydroxyl groups is 1. The molecule has 0 spiro atoms. The van der Waals surface area contributed by atoms with Crippen molar-refractivity contribution >= 4 is 17.3 Å². The number of amides is 1. The van der Waals surface area contributed by atoms with Gasteiger partial charge in [0.25, 0.3) is 12.1 Å². The Morgan fingerprint density at radius 2 is 1.69 bits per heavy atom. The van der Waals surface area contributed by atoms with Gasteiger partial charge < -0.3 is 25.6 Å². The van der Waals surface area contributed by atoms with E-state index >= 15 is 0 Å². The number of carbonyl (C=O) groups excluding carboxylic acids is 1. The minimum Gasteiger partial charge on any atom is -0.454 e. The van der Waals surface area contributed by atoms with Gasteiger partial charge in [-0.15, -0.1) is 18.3 Å². The standard InChI is InChI=1S/C19H11F7N4O4.CH4O/c20-16-11(18(21,22)23)2-4-14(15(16)17(31)29-9-5-6-30(32)28-8-9)33-13-3-1-10(7-12(13)27)34-19(24,25)26;1-2/h1-8H,27H2,(H-,28,29,31,32);2H,1H3/p+1. The number of H-pyrrole nitrogens is 1. The molecule has 9 nitrogen and oxygen atoms in total. The zero-order chi connectivity index (χ0) is 27.3. The van der Waals surface area contributed by atoms with Crippen molar-refractivity contribution in [3.63, 3.8) is 0 Å². The molecule has 3 aromatic rings. The fourth-order valence-corrected chi connectivity index (χ4v) is 2.65. The summed E-state index contributed by atoms with van der Waals surface area (Å²) in [4.78, 5) is 23.7. The van der Waals surface area contributed by atoms with E-state index in [1.165, 1.54) is 0 Å². The van der Waals surface area contributed by atoms with E-state index in [-0.39, 0.29) is 10.2 Å². The number of halogens is 7. The highest BCUT2D eigenvalue weighted by atomic mass is 19.4.